The van der Waals surface area contributed by atoms with E-state index in [1.54, 1.807) is 48.2 Å². The first-order chi connectivity index (χ1) is 14.1. The number of aromatic nitrogens is 5. The van der Waals surface area contributed by atoms with Gasteiger partial charge in [0.05, 0.1) is 26.5 Å². The van der Waals surface area contributed by atoms with Crippen molar-refractivity contribution in [2.24, 2.45) is 0 Å². The third-order valence-corrected chi connectivity index (χ3v) is 4.97. The lowest BCUT2D eigenvalue weighted by Gasteiger charge is -2.17. The fourth-order valence-electron chi connectivity index (χ4n) is 3.35. The molecule has 0 aliphatic carbocycles. The van der Waals surface area contributed by atoms with Gasteiger partial charge < -0.3 is 18.9 Å². The van der Waals surface area contributed by atoms with Crippen molar-refractivity contribution in [1.82, 2.24) is 30.0 Å². The van der Waals surface area contributed by atoms with Crippen molar-refractivity contribution in [3.8, 4) is 23.1 Å². The minimum atomic E-state index is -0.0571. The molecule has 0 N–H and O–H groups in total. The number of rotatable bonds is 6. The summed E-state index contributed by atoms with van der Waals surface area (Å²) in [5, 5.41) is 12.2. The second-order valence-electron chi connectivity index (χ2n) is 6.72. The van der Waals surface area contributed by atoms with Crippen LogP contribution in [0.3, 0.4) is 0 Å². The Bertz CT molecular complexity index is 1010. The number of aryl methyl sites for hydroxylation is 1. The smallest absolute Gasteiger partial charge is 0.280 e. The van der Waals surface area contributed by atoms with E-state index in [0.29, 0.717) is 54.0 Å². The number of methoxy groups -OCH3 is 2. The van der Waals surface area contributed by atoms with Crippen molar-refractivity contribution in [3.05, 3.63) is 35.8 Å². The molecule has 0 saturated carbocycles. The Morgan fingerprint density at radius 1 is 1.28 bits per heavy atom. The van der Waals surface area contributed by atoms with E-state index in [-0.39, 0.29) is 11.9 Å². The van der Waals surface area contributed by atoms with Crippen LogP contribution in [0.25, 0.3) is 11.6 Å². The maximum Gasteiger partial charge on any atom is 0.280 e. The fourth-order valence-corrected chi connectivity index (χ4v) is 3.35. The summed E-state index contributed by atoms with van der Waals surface area (Å²) in [6, 6.07) is 5.21. The molecule has 29 heavy (non-hydrogen) atoms. The monoisotopic (exact) mass is 398 g/mol. The van der Waals surface area contributed by atoms with Gasteiger partial charge in [-0.3, -0.25) is 4.79 Å². The van der Waals surface area contributed by atoms with E-state index in [1.165, 1.54) is 0 Å². The van der Waals surface area contributed by atoms with E-state index >= 15 is 0 Å². The van der Waals surface area contributed by atoms with Crippen molar-refractivity contribution < 1.29 is 18.8 Å². The number of carbonyl (C=O) groups is 1. The minimum Gasteiger partial charge on any atom is -0.493 e. The Kier molecular flexibility index (Phi) is 5.15. The first-order valence-corrected chi connectivity index (χ1v) is 9.39. The van der Waals surface area contributed by atoms with Gasteiger partial charge in [-0.15, -0.1) is 5.10 Å². The van der Waals surface area contributed by atoms with E-state index in [1.807, 2.05) is 6.92 Å². The normalized spacial score (nSPS) is 16.2. The lowest BCUT2D eigenvalue weighted by Crippen LogP contribution is -2.29. The molecular formula is C19H22N6O4. The zero-order valence-electron chi connectivity index (χ0n) is 16.5. The Labute approximate surface area is 167 Å². The molecule has 10 nitrogen and oxygen atoms in total. The molecule has 3 heterocycles. The van der Waals surface area contributed by atoms with Crippen LogP contribution in [-0.2, 0) is 6.42 Å². The first-order valence-electron chi connectivity index (χ1n) is 9.39. The van der Waals surface area contributed by atoms with Crippen molar-refractivity contribution in [3.63, 3.8) is 0 Å². The Hall–Kier alpha value is -3.43. The Morgan fingerprint density at radius 3 is 2.83 bits per heavy atom. The number of ether oxygens (including phenoxy) is 2. The van der Waals surface area contributed by atoms with Gasteiger partial charge in [0.1, 0.15) is 0 Å². The minimum absolute atomic E-state index is 0.0360. The van der Waals surface area contributed by atoms with E-state index in [0.717, 1.165) is 6.42 Å². The molecule has 0 radical (unpaired) electrons. The predicted octanol–water partition coefficient (Wildman–Crippen LogP) is 1.99. The van der Waals surface area contributed by atoms with Crippen molar-refractivity contribution in [1.29, 1.82) is 0 Å². The van der Waals surface area contributed by atoms with E-state index < -0.39 is 0 Å². The molecule has 1 fully saturated rings. The highest BCUT2D eigenvalue weighted by molar-refractivity contribution is 5.95. The summed E-state index contributed by atoms with van der Waals surface area (Å²) in [5.74, 6) is 2.04. The molecule has 1 atom stereocenters. The van der Waals surface area contributed by atoms with Gasteiger partial charge >= 0.3 is 0 Å². The van der Waals surface area contributed by atoms with Gasteiger partial charge in [0.25, 0.3) is 11.8 Å². The average Bonchev–Trinajstić information content (AvgIpc) is 3.51. The standard InChI is InChI=1S/C19H22N6O4/c1-4-17-20-18(29-22-17)14-11-25(23-21-14)13-7-8-24(10-13)19(26)12-5-6-15(27-2)16(9-12)28-3/h5-6,9,11,13H,4,7-8,10H2,1-3H3/t13-/m0/s1. The number of hydrogen-bond acceptors (Lipinski definition) is 8. The molecule has 1 aromatic carbocycles. The van der Waals surface area contributed by atoms with E-state index in [9.17, 15) is 4.79 Å². The number of benzene rings is 1. The summed E-state index contributed by atoms with van der Waals surface area (Å²) in [4.78, 5) is 19.0. The van der Waals surface area contributed by atoms with Crippen LogP contribution in [0.1, 0.15) is 35.6 Å². The van der Waals surface area contributed by atoms with Crippen LogP contribution in [0.5, 0.6) is 11.5 Å². The van der Waals surface area contributed by atoms with Gasteiger partial charge in [-0.05, 0) is 24.6 Å². The van der Waals surface area contributed by atoms with Gasteiger partial charge in [-0.2, -0.15) is 4.98 Å². The Morgan fingerprint density at radius 2 is 2.10 bits per heavy atom. The molecule has 0 spiro atoms. The van der Waals surface area contributed by atoms with Gasteiger partial charge in [0.15, 0.2) is 23.0 Å². The number of hydrogen-bond donors (Lipinski definition) is 0. The number of nitrogens with zero attached hydrogens (tertiary/aromatic N) is 6. The molecule has 1 amide bonds. The van der Waals surface area contributed by atoms with Gasteiger partial charge in [0, 0.05) is 25.1 Å². The van der Waals surface area contributed by atoms with Gasteiger partial charge in [-0.1, -0.05) is 17.3 Å². The third kappa shape index (κ3) is 3.65. The first kappa shape index (κ1) is 18.9. The summed E-state index contributed by atoms with van der Waals surface area (Å²) in [7, 11) is 3.11. The third-order valence-electron chi connectivity index (χ3n) is 4.97. The number of amides is 1. The predicted molar refractivity (Wildman–Crippen MR) is 102 cm³/mol. The van der Waals surface area contributed by atoms with Crippen LogP contribution in [0, 0.1) is 0 Å². The van der Waals surface area contributed by atoms with E-state index in [2.05, 4.69) is 20.5 Å². The molecular weight excluding hydrogens is 376 g/mol. The molecule has 152 valence electrons. The second-order valence-corrected chi connectivity index (χ2v) is 6.72. The topological polar surface area (TPSA) is 108 Å². The molecule has 0 bridgehead atoms. The van der Waals surface area contributed by atoms with Crippen LogP contribution < -0.4 is 9.47 Å². The van der Waals surface area contributed by atoms with Crippen LogP contribution in [0.15, 0.2) is 28.9 Å². The summed E-state index contributed by atoms with van der Waals surface area (Å²) >= 11 is 0. The maximum atomic E-state index is 12.9. The second kappa shape index (κ2) is 7.90. The molecule has 1 saturated heterocycles. The number of likely N-dealkylation sites (tertiary alicyclic amines) is 1. The SMILES string of the molecule is CCc1noc(-c2cn([C@H]3CCN(C(=O)c4ccc(OC)c(OC)c4)C3)nn2)n1. The fraction of sp³-hybridized carbons (Fsp3) is 0.421. The molecule has 1 aliphatic rings. The van der Waals surface area contributed by atoms with Crippen molar-refractivity contribution >= 4 is 5.91 Å². The highest BCUT2D eigenvalue weighted by Crippen LogP contribution is 2.30. The molecule has 4 rings (SSSR count). The van der Waals surface area contributed by atoms with Crippen LogP contribution >= 0.6 is 0 Å². The summed E-state index contributed by atoms with van der Waals surface area (Å²) in [5.41, 5.74) is 1.09. The van der Waals surface area contributed by atoms with Gasteiger partial charge in [0.2, 0.25) is 0 Å². The Balaban J connectivity index is 1.46. The largest absolute Gasteiger partial charge is 0.493 e. The van der Waals surface area contributed by atoms with Crippen LogP contribution in [-0.4, -0.2) is 63.3 Å². The molecule has 3 aromatic rings. The molecule has 1 aliphatic heterocycles. The van der Waals surface area contributed by atoms with Crippen LogP contribution in [0.4, 0.5) is 0 Å². The quantitative estimate of drug-likeness (QED) is 0.620. The highest BCUT2D eigenvalue weighted by Gasteiger charge is 2.29. The average molecular weight is 398 g/mol. The lowest BCUT2D eigenvalue weighted by atomic mass is 10.1. The lowest BCUT2D eigenvalue weighted by molar-refractivity contribution is 0.0786. The summed E-state index contributed by atoms with van der Waals surface area (Å²) in [6.45, 7) is 3.13. The van der Waals surface area contributed by atoms with Crippen molar-refractivity contribution in [2.45, 2.75) is 25.8 Å². The van der Waals surface area contributed by atoms with Crippen LogP contribution in [0.2, 0.25) is 0 Å². The molecule has 2 aromatic heterocycles. The number of carbonyl (C=O) groups excluding carboxylic acids is 1. The molecule has 0 unspecified atom stereocenters. The van der Waals surface area contributed by atoms with Gasteiger partial charge in [-0.25, -0.2) is 4.68 Å². The maximum absolute atomic E-state index is 12.9. The van der Waals surface area contributed by atoms with E-state index in [4.69, 9.17) is 14.0 Å². The summed E-state index contributed by atoms with van der Waals surface area (Å²) < 4.78 is 17.5. The zero-order valence-corrected chi connectivity index (χ0v) is 16.5. The van der Waals surface area contributed by atoms with Crippen molar-refractivity contribution in [2.75, 3.05) is 27.3 Å². The summed E-state index contributed by atoms with van der Waals surface area (Å²) in [6.07, 6.45) is 3.25. The highest BCUT2D eigenvalue weighted by atomic mass is 16.5. The zero-order chi connectivity index (χ0) is 20.4. The molecule has 10 heteroatoms.